The number of thiazole rings is 1. The van der Waals surface area contributed by atoms with Crippen molar-refractivity contribution in [2.24, 2.45) is 0 Å². The van der Waals surface area contributed by atoms with Gasteiger partial charge in [-0.15, -0.1) is 11.3 Å². The van der Waals surface area contributed by atoms with Crippen molar-refractivity contribution in [1.82, 2.24) is 4.98 Å². The number of esters is 1. The third kappa shape index (κ3) is 4.77. The number of ether oxygens (including phenoxy) is 2. The summed E-state index contributed by atoms with van der Waals surface area (Å²) in [5.41, 5.74) is 2.20. The van der Waals surface area contributed by atoms with E-state index in [-0.39, 0.29) is 12.4 Å². The van der Waals surface area contributed by atoms with Crippen molar-refractivity contribution in [3.8, 4) is 16.3 Å². The molecular formula is C20H16FNO3S. The lowest BCUT2D eigenvalue weighted by Crippen LogP contribution is -2.01. The zero-order valence-corrected chi connectivity index (χ0v) is 14.8. The number of rotatable bonds is 6. The van der Waals surface area contributed by atoms with Gasteiger partial charge in [-0.1, -0.05) is 24.3 Å². The van der Waals surface area contributed by atoms with Gasteiger partial charge in [-0.3, -0.25) is 0 Å². The van der Waals surface area contributed by atoms with E-state index in [2.05, 4.69) is 4.98 Å². The molecule has 0 aliphatic carbocycles. The average molecular weight is 369 g/mol. The zero-order valence-electron chi connectivity index (χ0n) is 14.0. The minimum Gasteiger partial charge on any atom is -0.497 e. The second-order valence-corrected chi connectivity index (χ2v) is 6.23. The van der Waals surface area contributed by atoms with Gasteiger partial charge in [0.15, 0.2) is 0 Å². The van der Waals surface area contributed by atoms with Gasteiger partial charge >= 0.3 is 5.97 Å². The van der Waals surface area contributed by atoms with Gasteiger partial charge < -0.3 is 9.47 Å². The second-order valence-electron chi connectivity index (χ2n) is 5.37. The van der Waals surface area contributed by atoms with Crippen LogP contribution in [0.3, 0.4) is 0 Å². The predicted molar refractivity (Wildman–Crippen MR) is 99.3 cm³/mol. The first-order valence-corrected chi connectivity index (χ1v) is 8.71. The Labute approximate surface area is 154 Å². The van der Waals surface area contributed by atoms with E-state index in [4.69, 9.17) is 9.47 Å². The summed E-state index contributed by atoms with van der Waals surface area (Å²) in [6.07, 6.45) is 2.78. The van der Waals surface area contributed by atoms with Gasteiger partial charge in [0, 0.05) is 17.0 Å². The molecule has 0 saturated heterocycles. The summed E-state index contributed by atoms with van der Waals surface area (Å²) >= 11 is 1.47. The molecule has 0 spiro atoms. The van der Waals surface area contributed by atoms with Crippen LogP contribution in [0.15, 0.2) is 60.0 Å². The first-order chi connectivity index (χ1) is 12.6. The van der Waals surface area contributed by atoms with Gasteiger partial charge in [-0.05, 0) is 35.9 Å². The number of nitrogens with zero attached hydrogens (tertiary/aromatic N) is 1. The smallest absolute Gasteiger partial charge is 0.331 e. The minimum atomic E-state index is -0.509. The van der Waals surface area contributed by atoms with Crippen LogP contribution in [0.1, 0.15) is 11.3 Å². The Kier molecular flexibility index (Phi) is 5.76. The highest BCUT2D eigenvalue weighted by molar-refractivity contribution is 7.13. The van der Waals surface area contributed by atoms with Crippen molar-refractivity contribution in [1.29, 1.82) is 0 Å². The van der Waals surface area contributed by atoms with Crippen LogP contribution in [0.2, 0.25) is 0 Å². The van der Waals surface area contributed by atoms with E-state index in [0.29, 0.717) is 11.3 Å². The number of hydrogen-bond donors (Lipinski definition) is 0. The molecule has 0 radical (unpaired) electrons. The highest BCUT2D eigenvalue weighted by Crippen LogP contribution is 2.27. The molecule has 0 N–H and O–H groups in total. The average Bonchev–Trinajstić information content (AvgIpc) is 3.14. The first kappa shape index (κ1) is 17.8. The summed E-state index contributed by atoms with van der Waals surface area (Å²) in [5, 5.41) is 2.67. The second kappa shape index (κ2) is 8.40. The summed E-state index contributed by atoms with van der Waals surface area (Å²) < 4.78 is 23.5. The summed E-state index contributed by atoms with van der Waals surface area (Å²) in [5.74, 6) is -0.105. The number of halogens is 1. The Morgan fingerprint density at radius 2 is 2.08 bits per heavy atom. The maximum absolute atomic E-state index is 13.1. The summed E-state index contributed by atoms with van der Waals surface area (Å²) in [6.45, 7) is 0.0762. The Balaban J connectivity index is 1.58. The van der Waals surface area contributed by atoms with Crippen LogP contribution >= 0.6 is 11.3 Å². The highest BCUT2D eigenvalue weighted by Gasteiger charge is 2.07. The van der Waals surface area contributed by atoms with Crippen LogP contribution in [0.25, 0.3) is 16.6 Å². The maximum Gasteiger partial charge on any atom is 0.331 e. The molecule has 0 aliphatic rings. The molecule has 6 heteroatoms. The standard InChI is InChI=1S/C20H16FNO3S/c1-24-18-7-3-5-15(11-18)20-22-17(13-26-20)12-25-19(23)9-8-14-4-2-6-16(21)10-14/h2-11,13H,12H2,1H3/b9-8+. The van der Waals surface area contributed by atoms with Crippen molar-refractivity contribution in [2.45, 2.75) is 6.61 Å². The molecule has 26 heavy (non-hydrogen) atoms. The molecular weight excluding hydrogens is 353 g/mol. The van der Waals surface area contributed by atoms with Gasteiger partial charge in [-0.2, -0.15) is 0 Å². The minimum absolute atomic E-state index is 0.0762. The van der Waals surface area contributed by atoms with E-state index in [9.17, 15) is 9.18 Å². The molecule has 0 unspecified atom stereocenters. The van der Waals surface area contributed by atoms with Gasteiger partial charge in [-0.25, -0.2) is 14.2 Å². The Hall–Kier alpha value is -2.99. The number of aromatic nitrogens is 1. The fraction of sp³-hybridized carbons (Fsp3) is 0.100. The lowest BCUT2D eigenvalue weighted by atomic mass is 10.2. The molecule has 0 aliphatic heterocycles. The first-order valence-electron chi connectivity index (χ1n) is 7.83. The fourth-order valence-electron chi connectivity index (χ4n) is 2.23. The van der Waals surface area contributed by atoms with Crippen molar-refractivity contribution in [2.75, 3.05) is 7.11 Å². The number of methoxy groups -OCH3 is 1. The Bertz CT molecular complexity index is 936. The van der Waals surface area contributed by atoms with E-state index < -0.39 is 5.97 Å². The van der Waals surface area contributed by atoms with Gasteiger partial charge in [0.05, 0.1) is 12.8 Å². The summed E-state index contributed by atoms with van der Waals surface area (Å²) in [6, 6.07) is 13.6. The fourth-order valence-corrected chi connectivity index (χ4v) is 3.03. The molecule has 0 atom stereocenters. The monoisotopic (exact) mass is 369 g/mol. The molecule has 4 nitrogen and oxygen atoms in total. The van der Waals surface area contributed by atoms with Crippen LogP contribution in [-0.2, 0) is 16.1 Å². The van der Waals surface area contributed by atoms with Gasteiger partial charge in [0.2, 0.25) is 0 Å². The maximum atomic E-state index is 13.1. The lowest BCUT2D eigenvalue weighted by molar-refractivity contribution is -0.139. The molecule has 1 aromatic heterocycles. The molecule has 0 bridgehead atoms. The SMILES string of the molecule is COc1cccc(-c2nc(COC(=O)/C=C/c3cccc(F)c3)cs2)c1. The third-order valence-electron chi connectivity index (χ3n) is 3.49. The van der Waals surface area contributed by atoms with Crippen molar-refractivity contribution in [3.63, 3.8) is 0 Å². The molecule has 0 fully saturated rings. The highest BCUT2D eigenvalue weighted by atomic mass is 32.1. The van der Waals surface area contributed by atoms with Crippen molar-refractivity contribution in [3.05, 3.63) is 77.1 Å². The number of benzene rings is 2. The number of carbonyl (C=O) groups excluding carboxylic acids is 1. The van der Waals surface area contributed by atoms with E-state index in [0.717, 1.165) is 16.3 Å². The quantitative estimate of drug-likeness (QED) is 0.466. The molecule has 3 aromatic rings. The lowest BCUT2D eigenvalue weighted by Gasteiger charge is -2.01. The van der Waals surface area contributed by atoms with E-state index in [1.807, 2.05) is 29.6 Å². The van der Waals surface area contributed by atoms with Crippen LogP contribution in [0.5, 0.6) is 5.75 Å². The van der Waals surface area contributed by atoms with Gasteiger partial charge in [0.25, 0.3) is 0 Å². The van der Waals surface area contributed by atoms with Crippen molar-refractivity contribution >= 4 is 23.4 Å². The Morgan fingerprint density at radius 1 is 1.23 bits per heavy atom. The van der Waals surface area contributed by atoms with Crippen LogP contribution in [0.4, 0.5) is 4.39 Å². The molecule has 132 valence electrons. The molecule has 3 rings (SSSR count). The predicted octanol–water partition coefficient (Wildman–Crippen LogP) is 4.71. The topological polar surface area (TPSA) is 48.4 Å². The largest absolute Gasteiger partial charge is 0.497 e. The number of carbonyl (C=O) groups is 1. The van der Waals surface area contributed by atoms with E-state index in [1.165, 1.54) is 35.6 Å². The molecule has 0 saturated carbocycles. The normalized spacial score (nSPS) is 10.8. The van der Waals surface area contributed by atoms with Crippen LogP contribution in [0, 0.1) is 5.82 Å². The van der Waals surface area contributed by atoms with Crippen molar-refractivity contribution < 1.29 is 18.7 Å². The van der Waals surface area contributed by atoms with Crippen LogP contribution in [-0.4, -0.2) is 18.1 Å². The van der Waals surface area contributed by atoms with E-state index >= 15 is 0 Å². The summed E-state index contributed by atoms with van der Waals surface area (Å²) in [7, 11) is 1.61. The molecule has 1 heterocycles. The van der Waals surface area contributed by atoms with Crippen LogP contribution < -0.4 is 4.74 Å². The Morgan fingerprint density at radius 3 is 2.88 bits per heavy atom. The van der Waals surface area contributed by atoms with Gasteiger partial charge in [0.1, 0.15) is 23.2 Å². The third-order valence-corrected chi connectivity index (χ3v) is 4.43. The molecule has 0 amide bonds. The summed E-state index contributed by atoms with van der Waals surface area (Å²) in [4.78, 5) is 16.3. The molecule has 2 aromatic carbocycles. The zero-order chi connectivity index (χ0) is 18.4. The van der Waals surface area contributed by atoms with E-state index in [1.54, 1.807) is 19.2 Å². The number of hydrogen-bond acceptors (Lipinski definition) is 5.